The van der Waals surface area contributed by atoms with Crippen molar-refractivity contribution < 1.29 is 24.2 Å². The van der Waals surface area contributed by atoms with Gasteiger partial charge in [-0.3, -0.25) is 4.79 Å². The van der Waals surface area contributed by atoms with E-state index in [0.29, 0.717) is 18.9 Å². The van der Waals surface area contributed by atoms with E-state index < -0.39 is 5.97 Å². The molecular formula is C15H20N2O5. The van der Waals surface area contributed by atoms with Crippen molar-refractivity contribution in [3.05, 3.63) is 17.8 Å². The molecule has 1 aliphatic carbocycles. The summed E-state index contributed by atoms with van der Waals surface area (Å²) < 4.78 is 9.97. The summed E-state index contributed by atoms with van der Waals surface area (Å²) in [5, 5.41) is 12.3. The Kier molecular flexibility index (Phi) is 5.32. The average molecular weight is 308 g/mol. The van der Waals surface area contributed by atoms with Crippen molar-refractivity contribution in [2.75, 3.05) is 19.0 Å². The first-order chi connectivity index (χ1) is 10.5. The number of nitrogens with one attached hydrogen (secondary N) is 1. The molecule has 0 saturated heterocycles. The first kappa shape index (κ1) is 16.2. The highest BCUT2D eigenvalue weighted by Gasteiger charge is 2.31. The van der Waals surface area contributed by atoms with Gasteiger partial charge in [-0.2, -0.15) is 0 Å². The number of hydrogen-bond acceptors (Lipinski definition) is 6. The summed E-state index contributed by atoms with van der Waals surface area (Å²) in [6.07, 6.45) is 3.62. The van der Waals surface area contributed by atoms with E-state index in [-0.39, 0.29) is 29.1 Å². The van der Waals surface area contributed by atoms with Gasteiger partial charge in [0.05, 0.1) is 18.8 Å². The van der Waals surface area contributed by atoms with Gasteiger partial charge in [0, 0.05) is 19.2 Å². The molecule has 1 fully saturated rings. The molecule has 0 aliphatic heterocycles. The number of hydrogen-bond donors (Lipinski definition) is 2. The molecule has 22 heavy (non-hydrogen) atoms. The highest BCUT2D eigenvalue weighted by molar-refractivity contribution is 5.93. The SMILES string of the molecule is CCOC1CC(CC(=O)Nc2ncc(C(=O)OC)cc2O)C1. The quantitative estimate of drug-likeness (QED) is 0.777. The molecule has 1 saturated carbocycles. The molecular weight excluding hydrogens is 288 g/mol. The van der Waals surface area contributed by atoms with Gasteiger partial charge in [-0.05, 0) is 31.7 Å². The van der Waals surface area contributed by atoms with Crippen LogP contribution < -0.4 is 5.32 Å². The minimum Gasteiger partial charge on any atom is -0.504 e. The molecule has 1 aromatic heterocycles. The predicted octanol–water partition coefficient (Wildman–Crippen LogP) is 1.72. The molecule has 2 rings (SSSR count). The lowest BCUT2D eigenvalue weighted by molar-refractivity contribution is -0.119. The van der Waals surface area contributed by atoms with E-state index in [9.17, 15) is 14.7 Å². The highest BCUT2D eigenvalue weighted by Crippen LogP contribution is 2.33. The molecule has 0 radical (unpaired) electrons. The second-order valence-corrected chi connectivity index (χ2v) is 5.25. The summed E-state index contributed by atoms with van der Waals surface area (Å²) >= 11 is 0. The van der Waals surface area contributed by atoms with Gasteiger partial charge >= 0.3 is 5.97 Å². The van der Waals surface area contributed by atoms with E-state index in [0.717, 1.165) is 12.8 Å². The minimum atomic E-state index is -0.600. The maximum Gasteiger partial charge on any atom is 0.339 e. The molecule has 0 bridgehead atoms. The van der Waals surface area contributed by atoms with Crippen molar-refractivity contribution in [1.82, 2.24) is 4.98 Å². The molecule has 0 unspecified atom stereocenters. The summed E-state index contributed by atoms with van der Waals surface area (Å²) in [5.41, 5.74) is 0.122. The minimum absolute atomic E-state index is 0.0401. The second kappa shape index (κ2) is 7.22. The van der Waals surface area contributed by atoms with E-state index in [1.165, 1.54) is 19.4 Å². The summed E-state index contributed by atoms with van der Waals surface area (Å²) in [4.78, 5) is 27.1. The molecule has 1 aliphatic rings. The molecule has 120 valence electrons. The van der Waals surface area contributed by atoms with Crippen LogP contribution in [0.2, 0.25) is 0 Å². The first-order valence-electron chi connectivity index (χ1n) is 7.22. The lowest BCUT2D eigenvalue weighted by Gasteiger charge is -2.34. The number of carbonyl (C=O) groups excluding carboxylic acids is 2. The number of carbonyl (C=O) groups is 2. The van der Waals surface area contributed by atoms with E-state index >= 15 is 0 Å². The Morgan fingerprint density at radius 1 is 1.45 bits per heavy atom. The third-order valence-corrected chi connectivity index (χ3v) is 3.62. The third kappa shape index (κ3) is 3.94. The van der Waals surface area contributed by atoms with Crippen molar-refractivity contribution in [3.8, 4) is 5.75 Å². The molecule has 2 N–H and O–H groups in total. The predicted molar refractivity (Wildman–Crippen MR) is 78.6 cm³/mol. The Morgan fingerprint density at radius 3 is 2.77 bits per heavy atom. The fourth-order valence-electron chi connectivity index (χ4n) is 2.44. The maximum atomic E-state index is 11.9. The van der Waals surface area contributed by atoms with Crippen LogP contribution >= 0.6 is 0 Å². The van der Waals surface area contributed by atoms with Crippen molar-refractivity contribution in [3.63, 3.8) is 0 Å². The van der Waals surface area contributed by atoms with Crippen molar-refractivity contribution in [1.29, 1.82) is 0 Å². The molecule has 1 aromatic rings. The number of pyridine rings is 1. The van der Waals surface area contributed by atoms with Gasteiger partial charge < -0.3 is 19.9 Å². The topological polar surface area (TPSA) is 97.8 Å². The van der Waals surface area contributed by atoms with Crippen LogP contribution in [-0.4, -0.2) is 41.8 Å². The van der Waals surface area contributed by atoms with Crippen LogP contribution in [0.25, 0.3) is 0 Å². The lowest BCUT2D eigenvalue weighted by atomic mass is 9.80. The number of amides is 1. The number of rotatable bonds is 6. The van der Waals surface area contributed by atoms with Crippen molar-refractivity contribution >= 4 is 17.7 Å². The zero-order valence-corrected chi connectivity index (χ0v) is 12.7. The summed E-state index contributed by atoms with van der Waals surface area (Å²) in [6, 6.07) is 1.21. The van der Waals surface area contributed by atoms with E-state index in [4.69, 9.17) is 4.74 Å². The molecule has 7 heteroatoms. The van der Waals surface area contributed by atoms with Crippen LogP contribution in [0.5, 0.6) is 5.75 Å². The Morgan fingerprint density at radius 2 is 2.18 bits per heavy atom. The Bertz CT molecular complexity index is 555. The fraction of sp³-hybridized carbons (Fsp3) is 0.533. The largest absolute Gasteiger partial charge is 0.504 e. The maximum absolute atomic E-state index is 11.9. The number of anilines is 1. The van der Waals surface area contributed by atoms with Gasteiger partial charge in [-0.25, -0.2) is 9.78 Å². The number of methoxy groups -OCH3 is 1. The Balaban J connectivity index is 1.86. The summed E-state index contributed by atoms with van der Waals surface area (Å²) in [7, 11) is 1.24. The van der Waals surface area contributed by atoms with Gasteiger partial charge in [-0.15, -0.1) is 0 Å². The number of nitrogens with zero attached hydrogens (tertiary/aromatic N) is 1. The van der Waals surface area contributed by atoms with E-state index in [1.807, 2.05) is 6.92 Å². The van der Waals surface area contributed by atoms with Crippen molar-refractivity contribution in [2.45, 2.75) is 32.3 Å². The smallest absolute Gasteiger partial charge is 0.339 e. The lowest BCUT2D eigenvalue weighted by Crippen LogP contribution is -2.34. The number of aromatic nitrogens is 1. The number of ether oxygens (including phenoxy) is 2. The van der Waals surface area contributed by atoms with Crippen molar-refractivity contribution in [2.24, 2.45) is 5.92 Å². The van der Waals surface area contributed by atoms with Gasteiger partial charge in [0.15, 0.2) is 11.6 Å². The first-order valence-corrected chi connectivity index (χ1v) is 7.22. The Hall–Kier alpha value is -2.15. The third-order valence-electron chi connectivity index (χ3n) is 3.62. The van der Waals surface area contributed by atoms with E-state index in [1.54, 1.807) is 0 Å². The van der Waals surface area contributed by atoms with Crippen LogP contribution in [0.15, 0.2) is 12.3 Å². The summed E-state index contributed by atoms with van der Waals surface area (Å²) in [6.45, 7) is 2.64. The van der Waals surface area contributed by atoms with Crippen LogP contribution in [0.1, 0.15) is 36.5 Å². The van der Waals surface area contributed by atoms with Crippen LogP contribution in [0, 0.1) is 5.92 Å². The highest BCUT2D eigenvalue weighted by atomic mass is 16.5. The zero-order valence-electron chi connectivity index (χ0n) is 12.7. The molecule has 0 spiro atoms. The van der Waals surface area contributed by atoms with Gasteiger partial charge in [0.25, 0.3) is 0 Å². The molecule has 0 atom stereocenters. The summed E-state index contributed by atoms with van der Waals surface area (Å²) in [5.74, 6) is -0.742. The molecule has 1 heterocycles. The standard InChI is InChI=1S/C15H20N2O5/c1-3-22-11-4-9(5-11)6-13(19)17-14-12(18)7-10(8-16-14)15(20)21-2/h7-9,11,18H,3-6H2,1-2H3,(H,16,17,19). The Labute approximate surface area is 128 Å². The second-order valence-electron chi connectivity index (χ2n) is 5.25. The van der Waals surface area contributed by atoms with Gasteiger partial charge in [0.2, 0.25) is 5.91 Å². The fourth-order valence-corrected chi connectivity index (χ4v) is 2.44. The van der Waals surface area contributed by atoms with Crippen LogP contribution in [0.3, 0.4) is 0 Å². The average Bonchev–Trinajstić information content (AvgIpc) is 2.46. The zero-order chi connectivity index (χ0) is 16.1. The molecule has 1 amide bonds. The monoisotopic (exact) mass is 308 g/mol. The molecule has 7 nitrogen and oxygen atoms in total. The number of esters is 1. The van der Waals surface area contributed by atoms with Crippen LogP contribution in [-0.2, 0) is 14.3 Å². The molecule has 0 aromatic carbocycles. The van der Waals surface area contributed by atoms with Gasteiger partial charge in [0.1, 0.15) is 0 Å². The van der Waals surface area contributed by atoms with E-state index in [2.05, 4.69) is 15.0 Å². The van der Waals surface area contributed by atoms with Gasteiger partial charge in [-0.1, -0.05) is 0 Å². The normalized spacial score (nSPS) is 20.1. The van der Waals surface area contributed by atoms with Crippen LogP contribution in [0.4, 0.5) is 5.82 Å². The number of aromatic hydroxyl groups is 1.